The number of nitriles is 1. The number of hydrogen-bond acceptors (Lipinski definition) is 3. The van der Waals surface area contributed by atoms with E-state index >= 15 is 0 Å². The zero-order chi connectivity index (χ0) is 18.5. The Bertz CT molecular complexity index is 960. The molecule has 2 aromatic carbocycles. The summed E-state index contributed by atoms with van der Waals surface area (Å²) in [7, 11) is 1.99. The van der Waals surface area contributed by atoms with E-state index < -0.39 is 0 Å². The normalized spacial score (nSPS) is 15.8. The number of anilines is 3. The van der Waals surface area contributed by atoms with Gasteiger partial charge in [0.15, 0.2) is 0 Å². The van der Waals surface area contributed by atoms with E-state index in [2.05, 4.69) is 61.4 Å². The van der Waals surface area contributed by atoms with Gasteiger partial charge in [-0.2, -0.15) is 5.26 Å². The molecule has 126 valence electrons. The van der Waals surface area contributed by atoms with Crippen LogP contribution in [0.25, 0.3) is 4.85 Å². The third kappa shape index (κ3) is 2.26. The van der Waals surface area contributed by atoms with Crippen molar-refractivity contribution in [2.45, 2.75) is 40.8 Å². The lowest BCUT2D eigenvalue weighted by Gasteiger charge is -2.30. The SMILES string of the molecule is [C-]#[N+]c1ccc2c(c1C#N)N(C)[C@H](C)N2c1cc(C)c(C)c(C)c1C. The van der Waals surface area contributed by atoms with Crippen molar-refractivity contribution >= 4 is 22.7 Å². The van der Waals surface area contributed by atoms with Gasteiger partial charge < -0.3 is 9.80 Å². The van der Waals surface area contributed by atoms with Crippen LogP contribution in [0.2, 0.25) is 0 Å². The van der Waals surface area contributed by atoms with Gasteiger partial charge in [0.1, 0.15) is 6.17 Å². The first kappa shape index (κ1) is 16.9. The fourth-order valence-electron chi connectivity index (χ4n) is 3.66. The molecule has 1 atom stereocenters. The first-order valence-electron chi connectivity index (χ1n) is 8.37. The maximum atomic E-state index is 9.62. The second kappa shape index (κ2) is 5.83. The van der Waals surface area contributed by atoms with Crippen LogP contribution in [-0.4, -0.2) is 13.2 Å². The number of rotatable bonds is 1. The van der Waals surface area contributed by atoms with Crippen molar-refractivity contribution in [1.29, 1.82) is 5.26 Å². The number of fused-ring (bicyclic) bond motifs is 1. The van der Waals surface area contributed by atoms with Crippen LogP contribution in [0.5, 0.6) is 0 Å². The predicted octanol–water partition coefficient (Wildman–Crippen LogP) is 5.28. The second-order valence-corrected chi connectivity index (χ2v) is 6.75. The summed E-state index contributed by atoms with van der Waals surface area (Å²) in [4.78, 5) is 7.88. The number of hydrogen-bond donors (Lipinski definition) is 0. The molecule has 4 heteroatoms. The van der Waals surface area contributed by atoms with Gasteiger partial charge in [-0.05, 0) is 69.0 Å². The summed E-state index contributed by atoms with van der Waals surface area (Å²) in [6.45, 7) is 18.1. The van der Waals surface area contributed by atoms with E-state index in [1.165, 1.54) is 22.3 Å². The Balaban J connectivity index is 2.31. The second-order valence-electron chi connectivity index (χ2n) is 6.75. The Morgan fingerprint density at radius 3 is 2.36 bits per heavy atom. The summed E-state index contributed by atoms with van der Waals surface area (Å²) < 4.78 is 0. The highest BCUT2D eigenvalue weighted by atomic mass is 15.4. The van der Waals surface area contributed by atoms with Gasteiger partial charge in [-0.3, -0.25) is 0 Å². The van der Waals surface area contributed by atoms with Crippen molar-refractivity contribution in [2.75, 3.05) is 16.8 Å². The molecule has 0 aliphatic carbocycles. The highest BCUT2D eigenvalue weighted by Crippen LogP contribution is 2.49. The van der Waals surface area contributed by atoms with E-state index in [1.54, 1.807) is 6.07 Å². The van der Waals surface area contributed by atoms with Gasteiger partial charge >= 0.3 is 0 Å². The fourth-order valence-corrected chi connectivity index (χ4v) is 3.66. The molecule has 1 heterocycles. The van der Waals surface area contributed by atoms with Gasteiger partial charge in [-0.15, -0.1) is 0 Å². The first-order valence-corrected chi connectivity index (χ1v) is 8.37. The molecule has 0 fully saturated rings. The number of benzene rings is 2. The molecule has 0 amide bonds. The smallest absolute Gasteiger partial charge is 0.206 e. The molecule has 0 saturated carbocycles. The van der Waals surface area contributed by atoms with Gasteiger partial charge in [0.2, 0.25) is 5.69 Å². The topological polar surface area (TPSA) is 34.6 Å². The van der Waals surface area contributed by atoms with Gasteiger partial charge in [0.25, 0.3) is 0 Å². The maximum Gasteiger partial charge on any atom is 0.206 e. The molecule has 0 N–H and O–H groups in total. The minimum atomic E-state index is 0.0725. The van der Waals surface area contributed by atoms with Gasteiger partial charge in [-0.25, -0.2) is 4.85 Å². The quantitative estimate of drug-likeness (QED) is 0.667. The van der Waals surface area contributed by atoms with E-state index in [0.717, 1.165) is 17.1 Å². The highest BCUT2D eigenvalue weighted by molar-refractivity contribution is 5.92. The standard InChI is InChI=1S/C21H22N4/c1-12-10-20(15(4)14(3)13(12)2)25-16(5)24(7)21-17(11-22)18(23-6)8-9-19(21)25/h8-10,16H,1-5,7H3/t16-/m0/s1. The van der Waals surface area contributed by atoms with Crippen molar-refractivity contribution in [3.8, 4) is 6.07 Å². The third-order valence-corrected chi connectivity index (χ3v) is 5.63. The zero-order valence-corrected chi connectivity index (χ0v) is 15.6. The van der Waals surface area contributed by atoms with Crippen LogP contribution in [0.4, 0.5) is 22.7 Å². The van der Waals surface area contributed by atoms with Crippen LogP contribution in [0.15, 0.2) is 18.2 Å². The monoisotopic (exact) mass is 330 g/mol. The van der Waals surface area contributed by atoms with Crippen LogP contribution in [0.1, 0.15) is 34.7 Å². The lowest BCUT2D eigenvalue weighted by atomic mass is 9.97. The molecular weight excluding hydrogens is 308 g/mol. The maximum absolute atomic E-state index is 9.62. The molecule has 0 aromatic heterocycles. The van der Waals surface area contributed by atoms with Crippen molar-refractivity contribution in [1.82, 2.24) is 0 Å². The minimum Gasteiger partial charge on any atom is -0.352 e. The Hall–Kier alpha value is -2.98. The average molecular weight is 330 g/mol. The molecule has 2 aromatic rings. The Morgan fingerprint density at radius 1 is 1.08 bits per heavy atom. The van der Waals surface area contributed by atoms with Crippen molar-refractivity contribution in [3.05, 3.63) is 57.4 Å². The van der Waals surface area contributed by atoms with E-state index in [4.69, 9.17) is 6.57 Å². The van der Waals surface area contributed by atoms with Gasteiger partial charge in [0.05, 0.1) is 29.6 Å². The van der Waals surface area contributed by atoms with Crippen LogP contribution < -0.4 is 9.80 Å². The number of nitrogens with zero attached hydrogens (tertiary/aromatic N) is 4. The van der Waals surface area contributed by atoms with Crippen LogP contribution in [0, 0.1) is 45.6 Å². The Morgan fingerprint density at radius 2 is 1.76 bits per heavy atom. The van der Waals surface area contributed by atoms with E-state index in [1.807, 2.05) is 13.1 Å². The van der Waals surface area contributed by atoms with Crippen molar-refractivity contribution in [2.24, 2.45) is 0 Å². The van der Waals surface area contributed by atoms with Crippen molar-refractivity contribution < 1.29 is 0 Å². The molecule has 0 saturated heterocycles. The van der Waals surface area contributed by atoms with E-state index in [9.17, 15) is 5.26 Å². The molecular formula is C21H22N4. The molecule has 3 rings (SSSR count). The third-order valence-electron chi connectivity index (χ3n) is 5.63. The zero-order valence-electron chi connectivity index (χ0n) is 15.6. The summed E-state index contributed by atoms with van der Waals surface area (Å²) in [5.74, 6) is 0. The predicted molar refractivity (Wildman–Crippen MR) is 103 cm³/mol. The Labute approximate surface area is 149 Å². The minimum absolute atomic E-state index is 0.0725. The lowest BCUT2D eigenvalue weighted by molar-refractivity contribution is 0.731. The summed E-state index contributed by atoms with van der Waals surface area (Å²) in [5.41, 5.74) is 9.02. The summed E-state index contributed by atoms with van der Waals surface area (Å²) in [6, 6.07) is 8.18. The summed E-state index contributed by atoms with van der Waals surface area (Å²) >= 11 is 0. The molecule has 0 radical (unpaired) electrons. The molecule has 4 nitrogen and oxygen atoms in total. The fraction of sp³-hybridized carbons (Fsp3) is 0.333. The average Bonchev–Trinajstić information content (AvgIpc) is 2.86. The molecule has 0 bridgehead atoms. The van der Waals surface area contributed by atoms with E-state index in [-0.39, 0.29) is 6.17 Å². The van der Waals surface area contributed by atoms with Crippen LogP contribution in [0.3, 0.4) is 0 Å². The van der Waals surface area contributed by atoms with Crippen LogP contribution in [-0.2, 0) is 0 Å². The molecule has 1 aliphatic rings. The highest BCUT2D eigenvalue weighted by Gasteiger charge is 2.35. The van der Waals surface area contributed by atoms with Gasteiger partial charge in [0, 0.05) is 12.7 Å². The largest absolute Gasteiger partial charge is 0.352 e. The van der Waals surface area contributed by atoms with E-state index in [0.29, 0.717) is 11.3 Å². The molecule has 0 unspecified atom stereocenters. The lowest BCUT2D eigenvalue weighted by Crippen LogP contribution is -2.36. The number of aryl methyl sites for hydroxylation is 1. The molecule has 1 aliphatic heterocycles. The summed E-state index contributed by atoms with van der Waals surface area (Å²) in [6.07, 6.45) is 0.0725. The first-order chi connectivity index (χ1) is 11.8. The van der Waals surface area contributed by atoms with Crippen LogP contribution >= 0.6 is 0 Å². The summed E-state index contributed by atoms with van der Waals surface area (Å²) in [5, 5.41) is 9.62. The molecule has 25 heavy (non-hydrogen) atoms. The Kier molecular flexibility index (Phi) is 3.93. The van der Waals surface area contributed by atoms with Crippen molar-refractivity contribution in [3.63, 3.8) is 0 Å². The molecule has 0 spiro atoms. The van der Waals surface area contributed by atoms with Gasteiger partial charge in [-0.1, -0.05) is 6.07 Å².